The number of hydrogen-bond donors (Lipinski definition) is 3. The summed E-state index contributed by atoms with van der Waals surface area (Å²) in [7, 11) is 0. The molecule has 0 saturated carbocycles. The van der Waals surface area contributed by atoms with Crippen LogP contribution in [0.25, 0.3) is 0 Å². The molecule has 0 heterocycles. The zero-order valence-electron chi connectivity index (χ0n) is 10.8. The van der Waals surface area contributed by atoms with Crippen LogP contribution in [-0.2, 0) is 6.42 Å². The second-order valence-corrected chi connectivity index (χ2v) is 5.33. The maximum absolute atomic E-state index is 10.8. The Kier molecular flexibility index (Phi) is 4.63. The number of benzene rings is 2. The molecule has 20 heavy (non-hydrogen) atoms. The Hall–Kier alpha value is -2.01. The van der Waals surface area contributed by atoms with Crippen molar-refractivity contribution in [1.29, 1.82) is 0 Å². The lowest BCUT2D eigenvalue weighted by Gasteiger charge is -2.10. The number of carboxylic acids is 1. The molecule has 2 aromatic carbocycles. The molecule has 5 heteroatoms. The van der Waals surface area contributed by atoms with Crippen LogP contribution >= 0.6 is 15.9 Å². The Bertz CT molecular complexity index is 612. The summed E-state index contributed by atoms with van der Waals surface area (Å²) >= 11 is 3.40. The summed E-state index contributed by atoms with van der Waals surface area (Å²) in [4.78, 5) is 10.8. The van der Waals surface area contributed by atoms with E-state index in [0.717, 1.165) is 23.1 Å². The number of hydrogen-bond acceptors (Lipinski definition) is 3. The van der Waals surface area contributed by atoms with Crippen LogP contribution in [0.1, 0.15) is 15.9 Å². The van der Waals surface area contributed by atoms with E-state index in [1.165, 1.54) is 11.6 Å². The van der Waals surface area contributed by atoms with E-state index in [-0.39, 0.29) is 5.56 Å². The van der Waals surface area contributed by atoms with Crippen molar-refractivity contribution < 1.29 is 9.90 Å². The highest BCUT2D eigenvalue weighted by Gasteiger charge is 2.05. The van der Waals surface area contributed by atoms with Crippen molar-refractivity contribution in [3.8, 4) is 0 Å². The number of nitrogens with one attached hydrogen (secondary N) is 1. The van der Waals surface area contributed by atoms with Gasteiger partial charge in [0.25, 0.3) is 0 Å². The fourth-order valence-corrected chi connectivity index (χ4v) is 2.11. The number of carbonyl (C=O) groups is 1. The smallest absolute Gasteiger partial charge is 0.335 e. The summed E-state index contributed by atoms with van der Waals surface area (Å²) in [6.45, 7) is 0.734. The predicted molar refractivity (Wildman–Crippen MR) is 84.1 cm³/mol. The first-order valence-electron chi connectivity index (χ1n) is 6.17. The minimum atomic E-state index is -0.974. The second kappa shape index (κ2) is 6.43. The van der Waals surface area contributed by atoms with Gasteiger partial charge >= 0.3 is 5.97 Å². The van der Waals surface area contributed by atoms with Gasteiger partial charge in [0.15, 0.2) is 0 Å². The van der Waals surface area contributed by atoms with Crippen LogP contribution in [-0.4, -0.2) is 17.6 Å². The molecular formula is C15H15BrN2O2. The molecule has 0 radical (unpaired) electrons. The maximum Gasteiger partial charge on any atom is 0.335 e. The summed E-state index contributed by atoms with van der Waals surface area (Å²) in [6.07, 6.45) is 0.868. The van der Waals surface area contributed by atoms with Crippen LogP contribution in [0, 0.1) is 0 Å². The summed E-state index contributed by atoms with van der Waals surface area (Å²) in [6, 6.07) is 12.8. The van der Waals surface area contributed by atoms with Crippen molar-refractivity contribution >= 4 is 33.3 Å². The Morgan fingerprint density at radius 3 is 2.50 bits per heavy atom. The molecule has 0 bridgehead atoms. The molecule has 0 aromatic heterocycles. The number of nitrogens with two attached hydrogens (primary N) is 1. The van der Waals surface area contributed by atoms with E-state index in [1.807, 2.05) is 12.1 Å². The Morgan fingerprint density at radius 2 is 1.90 bits per heavy atom. The average molecular weight is 335 g/mol. The minimum absolute atomic E-state index is 0.195. The van der Waals surface area contributed by atoms with Gasteiger partial charge in [0.1, 0.15) is 0 Å². The van der Waals surface area contributed by atoms with Gasteiger partial charge in [-0.2, -0.15) is 0 Å². The molecule has 0 spiro atoms. The SMILES string of the molecule is Nc1cc(C(=O)O)ccc1NCCc1ccc(Br)cc1. The van der Waals surface area contributed by atoms with Crippen molar-refractivity contribution in [2.24, 2.45) is 0 Å². The van der Waals surface area contributed by atoms with Gasteiger partial charge in [-0.1, -0.05) is 28.1 Å². The highest BCUT2D eigenvalue weighted by molar-refractivity contribution is 9.10. The highest BCUT2D eigenvalue weighted by atomic mass is 79.9. The zero-order valence-corrected chi connectivity index (χ0v) is 12.4. The van der Waals surface area contributed by atoms with Crippen LogP contribution < -0.4 is 11.1 Å². The van der Waals surface area contributed by atoms with E-state index in [2.05, 4.69) is 33.4 Å². The van der Waals surface area contributed by atoms with E-state index < -0.39 is 5.97 Å². The second-order valence-electron chi connectivity index (χ2n) is 4.41. The Labute approximate surface area is 125 Å². The van der Waals surface area contributed by atoms with E-state index in [9.17, 15) is 4.79 Å². The number of nitrogen functional groups attached to an aromatic ring is 1. The van der Waals surface area contributed by atoms with E-state index in [0.29, 0.717) is 5.69 Å². The fraction of sp³-hybridized carbons (Fsp3) is 0.133. The van der Waals surface area contributed by atoms with Crippen LogP contribution in [0.5, 0.6) is 0 Å². The molecule has 2 aromatic rings. The number of carboxylic acid groups (broad SMARTS) is 1. The van der Waals surface area contributed by atoms with Gasteiger partial charge in [-0.25, -0.2) is 4.79 Å². The molecule has 0 amide bonds. The van der Waals surface area contributed by atoms with Gasteiger partial charge in [-0.05, 0) is 42.3 Å². The topological polar surface area (TPSA) is 75.4 Å². The van der Waals surface area contributed by atoms with Crippen LogP contribution in [0.4, 0.5) is 11.4 Å². The maximum atomic E-state index is 10.8. The van der Waals surface area contributed by atoms with Crippen molar-refractivity contribution in [1.82, 2.24) is 0 Å². The number of rotatable bonds is 5. The first kappa shape index (κ1) is 14.4. The van der Waals surface area contributed by atoms with Gasteiger partial charge in [-0.3, -0.25) is 0 Å². The molecule has 0 aliphatic heterocycles. The van der Waals surface area contributed by atoms with Gasteiger partial charge < -0.3 is 16.2 Å². The normalized spacial score (nSPS) is 10.2. The van der Waals surface area contributed by atoms with Gasteiger partial charge in [-0.15, -0.1) is 0 Å². The van der Waals surface area contributed by atoms with Crippen molar-refractivity contribution in [3.63, 3.8) is 0 Å². The van der Waals surface area contributed by atoms with Crippen molar-refractivity contribution in [3.05, 3.63) is 58.1 Å². The first-order valence-corrected chi connectivity index (χ1v) is 6.96. The largest absolute Gasteiger partial charge is 0.478 e. The molecule has 0 atom stereocenters. The first-order chi connectivity index (χ1) is 9.56. The van der Waals surface area contributed by atoms with E-state index in [1.54, 1.807) is 12.1 Å². The van der Waals surface area contributed by atoms with Gasteiger partial charge in [0, 0.05) is 11.0 Å². The zero-order chi connectivity index (χ0) is 14.5. The molecule has 104 valence electrons. The summed E-state index contributed by atoms with van der Waals surface area (Å²) in [5, 5.41) is 12.1. The van der Waals surface area contributed by atoms with E-state index in [4.69, 9.17) is 10.8 Å². The predicted octanol–water partition coefficient (Wildman–Crippen LogP) is 3.38. The quantitative estimate of drug-likeness (QED) is 0.732. The van der Waals surface area contributed by atoms with Crippen LogP contribution in [0.2, 0.25) is 0 Å². The van der Waals surface area contributed by atoms with Crippen molar-refractivity contribution in [2.75, 3.05) is 17.6 Å². The Balaban J connectivity index is 1.94. The van der Waals surface area contributed by atoms with Crippen LogP contribution in [0.3, 0.4) is 0 Å². The standard InChI is InChI=1S/C15H15BrN2O2/c16-12-4-1-10(2-5-12)7-8-18-14-6-3-11(15(19)20)9-13(14)17/h1-6,9,18H,7-8,17H2,(H,19,20). The van der Waals surface area contributed by atoms with Gasteiger partial charge in [0.2, 0.25) is 0 Å². The Morgan fingerprint density at radius 1 is 1.20 bits per heavy atom. The number of halogens is 1. The molecular weight excluding hydrogens is 320 g/mol. The average Bonchev–Trinajstić information content (AvgIpc) is 2.42. The third kappa shape index (κ3) is 3.74. The lowest BCUT2D eigenvalue weighted by molar-refractivity contribution is 0.0697. The molecule has 0 saturated heterocycles. The molecule has 0 unspecified atom stereocenters. The van der Waals surface area contributed by atoms with Gasteiger partial charge in [0.05, 0.1) is 16.9 Å². The van der Waals surface area contributed by atoms with E-state index >= 15 is 0 Å². The molecule has 0 aliphatic carbocycles. The third-order valence-electron chi connectivity index (χ3n) is 2.94. The summed E-state index contributed by atoms with van der Waals surface area (Å²) in [5.74, 6) is -0.974. The summed E-state index contributed by atoms with van der Waals surface area (Å²) in [5.41, 5.74) is 8.45. The molecule has 4 N–H and O–H groups in total. The highest BCUT2D eigenvalue weighted by Crippen LogP contribution is 2.20. The number of aromatic carboxylic acids is 1. The minimum Gasteiger partial charge on any atom is -0.478 e. The van der Waals surface area contributed by atoms with Crippen LogP contribution in [0.15, 0.2) is 46.9 Å². The molecule has 4 nitrogen and oxygen atoms in total. The molecule has 2 rings (SSSR count). The monoisotopic (exact) mass is 334 g/mol. The fourth-order valence-electron chi connectivity index (χ4n) is 1.85. The number of anilines is 2. The molecule has 0 aliphatic rings. The molecule has 0 fully saturated rings. The summed E-state index contributed by atoms with van der Waals surface area (Å²) < 4.78 is 1.06. The lowest BCUT2D eigenvalue weighted by atomic mass is 10.1. The third-order valence-corrected chi connectivity index (χ3v) is 3.47. The lowest BCUT2D eigenvalue weighted by Crippen LogP contribution is -2.08. The van der Waals surface area contributed by atoms with Crippen molar-refractivity contribution in [2.45, 2.75) is 6.42 Å².